The van der Waals surface area contributed by atoms with Gasteiger partial charge in [0.25, 0.3) is 17.9 Å². The van der Waals surface area contributed by atoms with Crippen molar-refractivity contribution in [2.45, 2.75) is 71.1 Å². The summed E-state index contributed by atoms with van der Waals surface area (Å²) in [6.07, 6.45) is -1.84. The van der Waals surface area contributed by atoms with Crippen LogP contribution in [0.4, 0.5) is 27.6 Å². The number of carbonyl (C=O) groups excluding carboxylic acids is 1. The third kappa shape index (κ3) is 8.01. The molecular weight excluding hydrogens is 513 g/mol. The van der Waals surface area contributed by atoms with Crippen LogP contribution in [-0.4, -0.2) is 35.4 Å². The predicted molar refractivity (Wildman–Crippen MR) is 129 cm³/mol. The van der Waals surface area contributed by atoms with E-state index in [4.69, 9.17) is 11.6 Å². The molecule has 0 aliphatic rings. The lowest BCUT2D eigenvalue weighted by atomic mass is 10.0. The molecule has 0 saturated heterocycles. The van der Waals surface area contributed by atoms with Gasteiger partial charge in [0.1, 0.15) is 9.75 Å². The van der Waals surface area contributed by atoms with Gasteiger partial charge in [-0.1, -0.05) is 44.7 Å². The number of carbonyl (C=O) groups is 1. The summed E-state index contributed by atoms with van der Waals surface area (Å²) in [4.78, 5) is 26.3. The number of unbranched alkanes of at least 4 members (excludes halogenated alkanes) is 3. The average Bonchev–Trinajstić information content (AvgIpc) is 3.16. The number of alkyl halides is 5. The summed E-state index contributed by atoms with van der Waals surface area (Å²) in [5.41, 5.74) is -0.373. The van der Waals surface area contributed by atoms with Crippen LogP contribution < -0.4 is 10.9 Å². The molecule has 12 heteroatoms. The molecule has 1 N–H and O–H groups in total. The van der Waals surface area contributed by atoms with Crippen LogP contribution in [0, 0.1) is 0 Å². The second-order valence-corrected chi connectivity index (χ2v) is 9.70. The third-order valence-corrected chi connectivity index (χ3v) is 7.11. The minimum Gasteiger partial charge on any atom is -0.320 e. The number of amides is 1. The van der Waals surface area contributed by atoms with Crippen LogP contribution in [0.1, 0.15) is 72.1 Å². The Balaban J connectivity index is 2.40. The quantitative estimate of drug-likeness (QED) is 0.231. The van der Waals surface area contributed by atoms with Crippen molar-refractivity contribution in [3.05, 3.63) is 49.0 Å². The van der Waals surface area contributed by atoms with Crippen molar-refractivity contribution >= 4 is 34.5 Å². The van der Waals surface area contributed by atoms with Crippen LogP contribution in [0.3, 0.4) is 0 Å². The Labute approximate surface area is 209 Å². The molecule has 35 heavy (non-hydrogen) atoms. The smallest absolute Gasteiger partial charge is 0.320 e. The summed E-state index contributed by atoms with van der Waals surface area (Å²) in [5.74, 6) is -0.926. The summed E-state index contributed by atoms with van der Waals surface area (Å²) < 4.78 is 66.1. The molecular formula is C23H29ClF5N3O2S. The van der Waals surface area contributed by atoms with Crippen LogP contribution in [0.5, 0.6) is 0 Å². The molecule has 196 valence electrons. The SMILES string of the molecule is CCCCCCN(C)C(CC)c1cc(NC(=O)c2sc(C(F)(F)F)cc2Cl)cn(CC(F)F)c1=O. The van der Waals surface area contributed by atoms with E-state index >= 15 is 0 Å². The van der Waals surface area contributed by atoms with Gasteiger partial charge in [-0.25, -0.2) is 8.78 Å². The Morgan fingerprint density at radius 3 is 2.43 bits per heavy atom. The largest absolute Gasteiger partial charge is 0.425 e. The van der Waals surface area contributed by atoms with E-state index in [1.165, 1.54) is 6.07 Å². The second kappa shape index (κ2) is 12.8. The van der Waals surface area contributed by atoms with Crippen molar-refractivity contribution in [1.29, 1.82) is 0 Å². The van der Waals surface area contributed by atoms with E-state index in [9.17, 15) is 31.5 Å². The second-order valence-electron chi connectivity index (χ2n) is 8.24. The first-order valence-electron chi connectivity index (χ1n) is 11.3. The molecule has 1 unspecified atom stereocenters. The zero-order valence-electron chi connectivity index (χ0n) is 19.7. The van der Waals surface area contributed by atoms with Gasteiger partial charge < -0.3 is 9.88 Å². The summed E-state index contributed by atoms with van der Waals surface area (Å²) in [5, 5.41) is 2.04. The highest BCUT2D eigenvalue weighted by Crippen LogP contribution is 2.39. The fraction of sp³-hybridized carbons (Fsp3) is 0.565. The lowest BCUT2D eigenvalue weighted by Gasteiger charge is -2.28. The van der Waals surface area contributed by atoms with Crippen molar-refractivity contribution in [1.82, 2.24) is 9.47 Å². The van der Waals surface area contributed by atoms with E-state index in [-0.39, 0.29) is 32.5 Å². The Kier molecular flexibility index (Phi) is 10.7. The molecule has 2 aromatic heterocycles. The van der Waals surface area contributed by atoms with Gasteiger partial charge in [0.05, 0.1) is 17.3 Å². The molecule has 2 heterocycles. The molecule has 0 saturated carbocycles. The van der Waals surface area contributed by atoms with E-state index in [2.05, 4.69) is 12.2 Å². The minimum atomic E-state index is -4.67. The number of nitrogens with zero attached hydrogens (tertiary/aromatic N) is 2. The number of halogens is 6. The first kappa shape index (κ1) is 29.3. The topological polar surface area (TPSA) is 54.3 Å². The zero-order chi connectivity index (χ0) is 26.3. The van der Waals surface area contributed by atoms with Crippen LogP contribution in [0.25, 0.3) is 0 Å². The number of anilines is 1. The highest BCUT2D eigenvalue weighted by atomic mass is 35.5. The molecule has 0 spiro atoms. The molecule has 0 aliphatic heterocycles. The minimum absolute atomic E-state index is 0.0149. The Hall–Kier alpha value is -1.98. The number of nitrogens with one attached hydrogen (secondary N) is 1. The third-order valence-electron chi connectivity index (χ3n) is 5.52. The molecule has 0 fully saturated rings. The molecule has 0 bridgehead atoms. The van der Waals surface area contributed by atoms with Gasteiger partial charge in [-0.3, -0.25) is 14.5 Å². The Morgan fingerprint density at radius 2 is 1.89 bits per heavy atom. The van der Waals surface area contributed by atoms with Gasteiger partial charge >= 0.3 is 6.18 Å². The van der Waals surface area contributed by atoms with E-state index < -0.39 is 41.5 Å². The number of rotatable bonds is 12. The number of thiophene rings is 1. The van der Waals surface area contributed by atoms with Gasteiger partial charge in [-0.15, -0.1) is 11.3 Å². The summed E-state index contributed by atoms with van der Waals surface area (Å²) in [7, 11) is 1.84. The first-order valence-corrected chi connectivity index (χ1v) is 12.5. The summed E-state index contributed by atoms with van der Waals surface area (Å²) >= 11 is 6.02. The molecule has 1 amide bonds. The highest BCUT2D eigenvalue weighted by molar-refractivity contribution is 7.15. The van der Waals surface area contributed by atoms with Gasteiger partial charge in [-0.05, 0) is 38.6 Å². The fourth-order valence-electron chi connectivity index (χ4n) is 3.81. The van der Waals surface area contributed by atoms with E-state index in [0.717, 1.165) is 36.4 Å². The maximum absolute atomic E-state index is 13.2. The van der Waals surface area contributed by atoms with E-state index in [1.54, 1.807) is 0 Å². The van der Waals surface area contributed by atoms with Crippen LogP contribution >= 0.6 is 22.9 Å². The number of pyridine rings is 1. The van der Waals surface area contributed by atoms with Gasteiger partial charge in [0.15, 0.2) is 0 Å². The Bertz CT molecular complexity index is 1050. The van der Waals surface area contributed by atoms with E-state index in [1.807, 2.05) is 18.9 Å². The monoisotopic (exact) mass is 541 g/mol. The van der Waals surface area contributed by atoms with Crippen molar-refractivity contribution < 1.29 is 26.7 Å². The molecule has 0 aliphatic carbocycles. The molecule has 1 atom stereocenters. The maximum Gasteiger partial charge on any atom is 0.425 e. The average molecular weight is 542 g/mol. The number of hydrogen-bond acceptors (Lipinski definition) is 4. The summed E-state index contributed by atoms with van der Waals surface area (Å²) in [6, 6.07) is 1.66. The lowest BCUT2D eigenvalue weighted by Crippen LogP contribution is -2.34. The normalized spacial score (nSPS) is 13.0. The number of aromatic nitrogens is 1. The van der Waals surface area contributed by atoms with E-state index in [0.29, 0.717) is 19.0 Å². The van der Waals surface area contributed by atoms with Crippen molar-refractivity contribution in [2.75, 3.05) is 18.9 Å². The highest BCUT2D eigenvalue weighted by Gasteiger charge is 2.35. The van der Waals surface area contributed by atoms with Gasteiger partial charge in [-0.2, -0.15) is 13.2 Å². The van der Waals surface area contributed by atoms with Crippen LogP contribution in [-0.2, 0) is 12.7 Å². The molecule has 2 rings (SSSR count). The number of hydrogen-bond donors (Lipinski definition) is 1. The van der Waals surface area contributed by atoms with Crippen LogP contribution in [0.15, 0.2) is 23.1 Å². The lowest BCUT2D eigenvalue weighted by molar-refractivity contribution is -0.134. The molecule has 0 aromatic carbocycles. The fourth-order valence-corrected chi connectivity index (χ4v) is 5.00. The van der Waals surface area contributed by atoms with Gasteiger partial charge in [0, 0.05) is 17.8 Å². The molecule has 0 radical (unpaired) electrons. The predicted octanol–water partition coefficient (Wildman–Crippen LogP) is 7.06. The molecule has 2 aromatic rings. The van der Waals surface area contributed by atoms with Crippen molar-refractivity contribution in [2.24, 2.45) is 0 Å². The Morgan fingerprint density at radius 1 is 1.20 bits per heavy atom. The van der Waals surface area contributed by atoms with Crippen molar-refractivity contribution in [3.8, 4) is 0 Å². The molecule has 5 nitrogen and oxygen atoms in total. The first-order chi connectivity index (χ1) is 16.4. The maximum atomic E-state index is 13.2. The van der Waals surface area contributed by atoms with Crippen molar-refractivity contribution in [3.63, 3.8) is 0 Å². The zero-order valence-corrected chi connectivity index (χ0v) is 21.3. The standard InChI is InChI=1S/C23H29ClF5N3O2S/c1-4-6-7-8-9-31(3)17(5-2)15-10-14(12-32(22(15)34)13-19(25)26)30-21(33)20-16(24)11-18(35-20)23(27,28)29/h10-12,17,19H,4-9,13H2,1-3H3,(H,30,33). The van der Waals surface area contributed by atoms with Gasteiger partial charge in [0.2, 0.25) is 0 Å². The summed E-state index contributed by atoms with van der Waals surface area (Å²) in [6.45, 7) is 3.76. The van der Waals surface area contributed by atoms with Crippen LogP contribution in [0.2, 0.25) is 5.02 Å².